The highest BCUT2D eigenvalue weighted by Crippen LogP contribution is 2.34. The van der Waals surface area contributed by atoms with Crippen molar-refractivity contribution in [1.82, 2.24) is 15.3 Å². The Balaban J connectivity index is 1.71. The number of hydrogen-bond acceptors (Lipinski definition) is 4. The number of hydrogen-bond donors (Lipinski definition) is 2. The second kappa shape index (κ2) is 6.03. The van der Waals surface area contributed by atoms with Gasteiger partial charge >= 0.3 is 0 Å². The minimum atomic E-state index is -0.143. The van der Waals surface area contributed by atoms with Crippen molar-refractivity contribution in [2.75, 3.05) is 14.1 Å². The normalized spacial score (nSPS) is 22.0. The lowest BCUT2D eigenvalue weighted by Crippen LogP contribution is -2.23. The molecule has 1 atom stereocenters. The van der Waals surface area contributed by atoms with Gasteiger partial charge in [-0.05, 0) is 62.5 Å². The summed E-state index contributed by atoms with van der Waals surface area (Å²) in [6.45, 7) is 0. The van der Waals surface area contributed by atoms with Gasteiger partial charge in [-0.1, -0.05) is 6.07 Å². The number of fused-ring (bicyclic) bond motifs is 1. The third kappa shape index (κ3) is 2.61. The second-order valence-corrected chi connectivity index (χ2v) is 7.41. The number of aryl methyl sites for hydroxylation is 1. The standard InChI is InChI=1S/C18H20N4OS/c1-22(2)15-6-3-5-14-12(15)9-11(19-14)10-13-17(20-21-18(13)23)16-7-4-8-24-16/h4,7-10,15,19H,3,5-6H2,1-2H3,(H,21,23)/b13-10-. The Hall–Kier alpha value is -2.18. The fourth-order valence-electron chi connectivity index (χ4n) is 3.51. The minimum Gasteiger partial charge on any atom is -0.359 e. The molecule has 0 aromatic carbocycles. The molecule has 5 nitrogen and oxygen atoms in total. The third-order valence-electron chi connectivity index (χ3n) is 4.66. The number of thiophene rings is 1. The third-order valence-corrected chi connectivity index (χ3v) is 5.54. The molecule has 0 saturated carbocycles. The molecule has 0 radical (unpaired) electrons. The van der Waals surface area contributed by atoms with E-state index in [0.717, 1.165) is 22.7 Å². The maximum absolute atomic E-state index is 12.2. The molecule has 0 fully saturated rings. The fraction of sp³-hybridized carbons (Fsp3) is 0.333. The molecule has 1 amide bonds. The van der Waals surface area contributed by atoms with Crippen molar-refractivity contribution in [2.45, 2.75) is 25.3 Å². The van der Waals surface area contributed by atoms with E-state index in [9.17, 15) is 4.79 Å². The quantitative estimate of drug-likeness (QED) is 0.844. The molecule has 1 unspecified atom stereocenters. The maximum atomic E-state index is 12.2. The molecule has 2 aliphatic rings. The molecular weight excluding hydrogens is 320 g/mol. The Bertz CT molecular complexity index is 829. The zero-order valence-electron chi connectivity index (χ0n) is 13.8. The Kier molecular flexibility index (Phi) is 3.86. The van der Waals surface area contributed by atoms with Gasteiger partial charge in [0.15, 0.2) is 0 Å². The molecule has 0 saturated heterocycles. The van der Waals surface area contributed by atoms with Crippen LogP contribution in [-0.2, 0) is 11.2 Å². The van der Waals surface area contributed by atoms with Gasteiger partial charge in [0.25, 0.3) is 5.91 Å². The van der Waals surface area contributed by atoms with Gasteiger partial charge in [-0.2, -0.15) is 5.10 Å². The molecule has 0 bridgehead atoms. The highest BCUT2D eigenvalue weighted by atomic mass is 32.1. The van der Waals surface area contributed by atoms with Crippen molar-refractivity contribution in [2.24, 2.45) is 5.10 Å². The Labute approximate surface area is 145 Å². The van der Waals surface area contributed by atoms with E-state index in [4.69, 9.17) is 0 Å². The van der Waals surface area contributed by atoms with Gasteiger partial charge in [-0.3, -0.25) is 4.79 Å². The van der Waals surface area contributed by atoms with E-state index in [1.807, 2.05) is 23.6 Å². The van der Waals surface area contributed by atoms with Gasteiger partial charge in [0.05, 0.1) is 10.5 Å². The van der Waals surface area contributed by atoms with Crippen LogP contribution in [0.1, 0.15) is 40.7 Å². The number of rotatable bonds is 3. The molecule has 24 heavy (non-hydrogen) atoms. The fourth-order valence-corrected chi connectivity index (χ4v) is 4.24. The van der Waals surface area contributed by atoms with Gasteiger partial charge in [-0.25, -0.2) is 5.43 Å². The van der Waals surface area contributed by atoms with Crippen LogP contribution in [0.25, 0.3) is 6.08 Å². The van der Waals surface area contributed by atoms with Crippen LogP contribution in [0.4, 0.5) is 0 Å². The summed E-state index contributed by atoms with van der Waals surface area (Å²) in [4.78, 5) is 19.0. The zero-order valence-corrected chi connectivity index (χ0v) is 14.6. The SMILES string of the molecule is CN(C)C1CCCc2[nH]c(/C=C3\C(=O)NN=C3c3cccs3)cc21. The number of hydrazone groups is 1. The molecule has 1 aliphatic heterocycles. The van der Waals surface area contributed by atoms with Crippen LogP contribution < -0.4 is 5.43 Å². The number of nitrogens with zero attached hydrogens (tertiary/aromatic N) is 2. The van der Waals surface area contributed by atoms with Crippen molar-refractivity contribution in [3.05, 3.63) is 51.0 Å². The van der Waals surface area contributed by atoms with Crippen molar-refractivity contribution in [3.63, 3.8) is 0 Å². The second-order valence-electron chi connectivity index (χ2n) is 6.47. The van der Waals surface area contributed by atoms with E-state index >= 15 is 0 Å². The molecule has 124 valence electrons. The summed E-state index contributed by atoms with van der Waals surface area (Å²) in [6, 6.07) is 6.58. The number of nitrogens with one attached hydrogen (secondary N) is 2. The Morgan fingerprint density at radius 1 is 1.42 bits per heavy atom. The monoisotopic (exact) mass is 340 g/mol. The zero-order chi connectivity index (χ0) is 16.7. The van der Waals surface area contributed by atoms with Gasteiger partial charge in [0.1, 0.15) is 5.71 Å². The van der Waals surface area contributed by atoms with E-state index in [1.54, 1.807) is 11.3 Å². The summed E-state index contributed by atoms with van der Waals surface area (Å²) in [5.74, 6) is -0.143. The summed E-state index contributed by atoms with van der Waals surface area (Å²) in [5, 5.41) is 6.19. The van der Waals surface area contributed by atoms with Crippen LogP contribution in [0.2, 0.25) is 0 Å². The Morgan fingerprint density at radius 2 is 2.29 bits per heavy atom. The summed E-state index contributed by atoms with van der Waals surface area (Å²) >= 11 is 1.59. The first-order valence-corrected chi connectivity index (χ1v) is 9.03. The minimum absolute atomic E-state index is 0.143. The maximum Gasteiger partial charge on any atom is 0.273 e. The molecule has 3 heterocycles. The predicted octanol–water partition coefficient (Wildman–Crippen LogP) is 2.93. The first kappa shape index (κ1) is 15.4. The molecule has 1 aliphatic carbocycles. The lowest BCUT2D eigenvalue weighted by molar-refractivity contribution is -0.116. The summed E-state index contributed by atoms with van der Waals surface area (Å²) in [5.41, 5.74) is 7.55. The number of carbonyl (C=O) groups is 1. The highest BCUT2D eigenvalue weighted by Gasteiger charge is 2.27. The van der Waals surface area contributed by atoms with E-state index in [1.165, 1.54) is 24.1 Å². The lowest BCUT2D eigenvalue weighted by Gasteiger charge is -2.28. The molecule has 2 aromatic rings. The van der Waals surface area contributed by atoms with Crippen LogP contribution in [0.15, 0.2) is 34.3 Å². The summed E-state index contributed by atoms with van der Waals surface area (Å²) in [6.07, 6.45) is 5.36. The molecule has 6 heteroatoms. The smallest absolute Gasteiger partial charge is 0.273 e. The average Bonchev–Trinajstić information content (AvgIpc) is 3.27. The highest BCUT2D eigenvalue weighted by molar-refractivity contribution is 7.12. The van der Waals surface area contributed by atoms with Crippen molar-refractivity contribution >= 4 is 29.0 Å². The van der Waals surface area contributed by atoms with Gasteiger partial charge < -0.3 is 9.88 Å². The molecule has 2 aromatic heterocycles. The predicted molar refractivity (Wildman–Crippen MR) is 97.1 cm³/mol. The van der Waals surface area contributed by atoms with E-state index in [0.29, 0.717) is 11.6 Å². The van der Waals surface area contributed by atoms with Crippen LogP contribution in [0.3, 0.4) is 0 Å². The van der Waals surface area contributed by atoms with E-state index in [-0.39, 0.29) is 5.91 Å². The largest absolute Gasteiger partial charge is 0.359 e. The van der Waals surface area contributed by atoms with Crippen LogP contribution >= 0.6 is 11.3 Å². The van der Waals surface area contributed by atoms with Gasteiger partial charge in [0.2, 0.25) is 0 Å². The molecule has 2 N–H and O–H groups in total. The summed E-state index contributed by atoms with van der Waals surface area (Å²) < 4.78 is 0. The van der Waals surface area contributed by atoms with Gasteiger partial charge in [-0.15, -0.1) is 11.3 Å². The lowest BCUT2D eigenvalue weighted by atomic mass is 9.92. The van der Waals surface area contributed by atoms with Crippen LogP contribution in [-0.4, -0.2) is 35.6 Å². The van der Waals surface area contributed by atoms with Crippen molar-refractivity contribution in [1.29, 1.82) is 0 Å². The Morgan fingerprint density at radius 3 is 3.04 bits per heavy atom. The van der Waals surface area contributed by atoms with Gasteiger partial charge in [0, 0.05) is 17.4 Å². The first-order valence-electron chi connectivity index (χ1n) is 8.15. The number of aromatic amines is 1. The molecule has 4 rings (SSSR count). The average molecular weight is 340 g/mol. The number of carbonyl (C=O) groups excluding carboxylic acids is 1. The topological polar surface area (TPSA) is 60.5 Å². The van der Waals surface area contributed by atoms with E-state index in [2.05, 4.69) is 40.6 Å². The first-order chi connectivity index (χ1) is 11.6. The molecular formula is C18H20N4OS. The molecule has 0 spiro atoms. The van der Waals surface area contributed by atoms with E-state index < -0.39 is 0 Å². The van der Waals surface area contributed by atoms with Crippen molar-refractivity contribution in [3.8, 4) is 0 Å². The van der Waals surface area contributed by atoms with Crippen LogP contribution in [0.5, 0.6) is 0 Å². The summed E-state index contributed by atoms with van der Waals surface area (Å²) in [7, 11) is 4.24. The number of aromatic nitrogens is 1. The number of amides is 1. The van der Waals surface area contributed by atoms with Crippen molar-refractivity contribution < 1.29 is 4.79 Å². The van der Waals surface area contributed by atoms with Crippen LogP contribution in [0, 0.1) is 0 Å². The number of H-pyrrole nitrogens is 1.